The highest BCUT2D eigenvalue weighted by Gasteiger charge is 2.41. The lowest BCUT2D eigenvalue weighted by Crippen LogP contribution is -2.64. The minimum Gasteiger partial charge on any atom is -0.508 e. The van der Waals surface area contributed by atoms with E-state index in [-0.39, 0.29) is 17.2 Å². The van der Waals surface area contributed by atoms with E-state index in [9.17, 15) is 9.90 Å². The predicted octanol–water partition coefficient (Wildman–Crippen LogP) is 1.56. The van der Waals surface area contributed by atoms with Crippen molar-refractivity contribution >= 4 is 5.91 Å². The number of hydrogen-bond donors (Lipinski definition) is 1. The molecule has 1 aromatic rings. The summed E-state index contributed by atoms with van der Waals surface area (Å²) in [6.07, 6.45) is 3.18. The number of aromatic hydroxyl groups is 1. The largest absolute Gasteiger partial charge is 0.508 e. The molecule has 2 heterocycles. The Bertz CT molecular complexity index is 582. The molecule has 2 saturated heterocycles. The fourth-order valence-electron chi connectivity index (χ4n) is 4.09. The third kappa shape index (κ3) is 3.57. The average molecular weight is 331 g/mol. The molecule has 0 aromatic heterocycles. The van der Waals surface area contributed by atoms with Gasteiger partial charge in [0.25, 0.3) is 0 Å². The molecule has 132 valence electrons. The Labute approximate surface area is 144 Å². The zero-order valence-electron chi connectivity index (χ0n) is 14.9. The molecular weight excluding hydrogens is 302 g/mol. The van der Waals surface area contributed by atoms with Crippen LogP contribution in [-0.2, 0) is 11.2 Å². The van der Waals surface area contributed by atoms with Gasteiger partial charge in [-0.25, -0.2) is 0 Å². The highest BCUT2D eigenvalue weighted by molar-refractivity contribution is 5.76. The maximum atomic E-state index is 12.5. The first-order chi connectivity index (χ1) is 11.5. The average Bonchev–Trinajstić information content (AvgIpc) is 2.58. The van der Waals surface area contributed by atoms with Crippen LogP contribution >= 0.6 is 0 Å². The molecule has 1 aromatic carbocycles. The van der Waals surface area contributed by atoms with Crippen LogP contribution in [0, 0.1) is 0 Å². The number of phenols is 1. The second kappa shape index (κ2) is 7.11. The normalized spacial score (nSPS) is 22.0. The van der Waals surface area contributed by atoms with Gasteiger partial charge in [0.05, 0.1) is 0 Å². The quantitative estimate of drug-likeness (QED) is 0.913. The third-order valence-electron chi connectivity index (χ3n) is 5.84. The summed E-state index contributed by atoms with van der Waals surface area (Å²) in [4.78, 5) is 19.4. The number of aryl methyl sites for hydroxylation is 1. The first-order valence-electron chi connectivity index (χ1n) is 8.95. The van der Waals surface area contributed by atoms with Crippen molar-refractivity contribution in [2.75, 3.05) is 46.8 Å². The summed E-state index contributed by atoms with van der Waals surface area (Å²) in [5, 5.41) is 9.82. The van der Waals surface area contributed by atoms with Crippen molar-refractivity contribution in [2.24, 2.45) is 0 Å². The van der Waals surface area contributed by atoms with E-state index in [2.05, 4.69) is 23.9 Å². The predicted molar refractivity (Wildman–Crippen MR) is 95.1 cm³/mol. The minimum atomic E-state index is 0.208. The Morgan fingerprint density at radius 2 is 1.83 bits per heavy atom. The number of hydrogen-bond acceptors (Lipinski definition) is 4. The molecule has 0 saturated carbocycles. The summed E-state index contributed by atoms with van der Waals surface area (Å²) in [7, 11) is 4.42. The van der Waals surface area contributed by atoms with Crippen LogP contribution in [0.3, 0.4) is 0 Å². The van der Waals surface area contributed by atoms with Gasteiger partial charge >= 0.3 is 0 Å². The van der Waals surface area contributed by atoms with Crippen molar-refractivity contribution < 1.29 is 9.90 Å². The van der Waals surface area contributed by atoms with Gasteiger partial charge in [0, 0.05) is 44.7 Å². The van der Waals surface area contributed by atoms with Crippen LogP contribution in [0.1, 0.15) is 24.8 Å². The van der Waals surface area contributed by atoms with Gasteiger partial charge in [-0.05, 0) is 45.0 Å². The Balaban J connectivity index is 1.53. The molecule has 0 atom stereocenters. The van der Waals surface area contributed by atoms with E-state index in [1.165, 1.54) is 0 Å². The maximum absolute atomic E-state index is 12.5. The van der Waals surface area contributed by atoms with E-state index in [1.807, 2.05) is 23.1 Å². The van der Waals surface area contributed by atoms with E-state index >= 15 is 0 Å². The number of carbonyl (C=O) groups excluding carboxylic acids is 1. The minimum absolute atomic E-state index is 0.208. The van der Waals surface area contributed by atoms with E-state index in [1.54, 1.807) is 6.07 Å². The first-order valence-corrected chi connectivity index (χ1v) is 8.95. The first kappa shape index (κ1) is 17.2. The summed E-state index contributed by atoms with van der Waals surface area (Å²) < 4.78 is 0. The Hall–Kier alpha value is -1.59. The number of nitrogens with zero attached hydrogens (tertiary/aromatic N) is 3. The highest BCUT2D eigenvalue weighted by Crippen LogP contribution is 2.31. The number of amides is 1. The van der Waals surface area contributed by atoms with Crippen molar-refractivity contribution in [1.29, 1.82) is 0 Å². The molecule has 2 aliphatic heterocycles. The molecule has 5 heteroatoms. The van der Waals surface area contributed by atoms with Crippen LogP contribution in [0.15, 0.2) is 24.3 Å². The Morgan fingerprint density at radius 1 is 1.12 bits per heavy atom. The summed E-state index contributed by atoms with van der Waals surface area (Å²) in [6.45, 7) is 5.03. The molecule has 3 rings (SSSR count). The van der Waals surface area contributed by atoms with Gasteiger partial charge in [0.15, 0.2) is 0 Å². The van der Waals surface area contributed by atoms with Crippen LogP contribution in [0.4, 0.5) is 0 Å². The molecule has 1 spiro atoms. The molecule has 1 amide bonds. The lowest BCUT2D eigenvalue weighted by atomic mass is 9.83. The van der Waals surface area contributed by atoms with Crippen molar-refractivity contribution in [3.63, 3.8) is 0 Å². The van der Waals surface area contributed by atoms with E-state index in [0.29, 0.717) is 12.8 Å². The van der Waals surface area contributed by atoms with Crippen molar-refractivity contribution in [3.8, 4) is 5.75 Å². The molecule has 1 N–H and O–H groups in total. The molecule has 2 aliphatic rings. The molecule has 0 aliphatic carbocycles. The molecule has 0 radical (unpaired) electrons. The van der Waals surface area contributed by atoms with Crippen LogP contribution in [0.25, 0.3) is 0 Å². The summed E-state index contributed by atoms with van der Waals surface area (Å²) in [6, 6.07) is 7.28. The number of para-hydroxylation sites is 1. The maximum Gasteiger partial charge on any atom is 0.222 e. The van der Waals surface area contributed by atoms with E-state index in [4.69, 9.17) is 0 Å². The lowest BCUT2D eigenvalue weighted by Gasteiger charge is -2.52. The number of carbonyl (C=O) groups is 1. The van der Waals surface area contributed by atoms with Gasteiger partial charge in [-0.3, -0.25) is 9.69 Å². The smallest absolute Gasteiger partial charge is 0.222 e. The summed E-state index contributed by atoms with van der Waals surface area (Å²) in [5.41, 5.74) is 1.09. The molecular formula is C19H29N3O2. The van der Waals surface area contributed by atoms with Gasteiger partial charge in [-0.2, -0.15) is 0 Å². The SMILES string of the molecule is CN1CCN(C)C2(CCN(C(=O)CCc3ccccc3O)CC2)C1. The number of piperidine rings is 1. The molecule has 0 bridgehead atoms. The topological polar surface area (TPSA) is 47.0 Å². The van der Waals surface area contributed by atoms with Gasteiger partial charge in [-0.1, -0.05) is 18.2 Å². The summed E-state index contributed by atoms with van der Waals surface area (Å²) >= 11 is 0. The lowest BCUT2D eigenvalue weighted by molar-refractivity contribution is -0.134. The van der Waals surface area contributed by atoms with E-state index < -0.39 is 0 Å². The third-order valence-corrected chi connectivity index (χ3v) is 5.84. The Kier molecular flexibility index (Phi) is 5.11. The molecule has 2 fully saturated rings. The van der Waals surface area contributed by atoms with Gasteiger partial charge in [-0.15, -0.1) is 0 Å². The number of likely N-dealkylation sites (N-methyl/N-ethyl adjacent to an activating group) is 2. The second-order valence-corrected chi connectivity index (χ2v) is 7.39. The summed E-state index contributed by atoms with van der Waals surface area (Å²) in [5.74, 6) is 0.495. The number of rotatable bonds is 3. The Morgan fingerprint density at radius 3 is 2.54 bits per heavy atom. The molecule has 0 unspecified atom stereocenters. The number of benzene rings is 1. The van der Waals surface area contributed by atoms with Gasteiger partial charge < -0.3 is 14.9 Å². The number of likely N-dealkylation sites (tertiary alicyclic amines) is 1. The standard InChI is InChI=1S/C19H29N3O2/c1-20-13-14-21(2)19(15-20)9-11-22(12-10-19)18(24)8-7-16-5-3-4-6-17(16)23/h3-6,23H,7-15H2,1-2H3. The van der Waals surface area contributed by atoms with Crippen molar-refractivity contribution in [2.45, 2.75) is 31.2 Å². The second-order valence-electron chi connectivity index (χ2n) is 7.39. The molecule has 5 nitrogen and oxygen atoms in total. The van der Waals surface area contributed by atoms with Gasteiger partial charge in [0.2, 0.25) is 5.91 Å². The van der Waals surface area contributed by atoms with Crippen LogP contribution in [-0.4, -0.2) is 78.1 Å². The zero-order chi connectivity index (χ0) is 17.2. The van der Waals surface area contributed by atoms with Crippen LogP contribution in [0.2, 0.25) is 0 Å². The molecule has 24 heavy (non-hydrogen) atoms. The van der Waals surface area contributed by atoms with Gasteiger partial charge in [0.1, 0.15) is 5.75 Å². The zero-order valence-corrected chi connectivity index (χ0v) is 14.9. The van der Waals surface area contributed by atoms with Crippen molar-refractivity contribution in [3.05, 3.63) is 29.8 Å². The van der Waals surface area contributed by atoms with E-state index in [0.717, 1.165) is 51.1 Å². The van der Waals surface area contributed by atoms with Crippen LogP contribution in [0.5, 0.6) is 5.75 Å². The monoisotopic (exact) mass is 331 g/mol. The number of phenolic OH excluding ortho intramolecular Hbond substituents is 1. The highest BCUT2D eigenvalue weighted by atomic mass is 16.3. The fraction of sp³-hybridized carbons (Fsp3) is 0.632. The fourth-order valence-corrected chi connectivity index (χ4v) is 4.09. The number of piperazine rings is 1. The van der Waals surface area contributed by atoms with Crippen molar-refractivity contribution in [1.82, 2.24) is 14.7 Å². The van der Waals surface area contributed by atoms with Crippen LogP contribution < -0.4 is 0 Å².